The van der Waals surface area contributed by atoms with Gasteiger partial charge in [0.05, 0.1) is 12.2 Å². The number of rotatable bonds is 10. The van der Waals surface area contributed by atoms with Crippen LogP contribution in [0.2, 0.25) is 0 Å². The molecule has 1 aliphatic carbocycles. The fraction of sp³-hybridized carbons (Fsp3) is 0.762. The van der Waals surface area contributed by atoms with Crippen molar-refractivity contribution in [3.63, 3.8) is 0 Å². The van der Waals surface area contributed by atoms with Gasteiger partial charge in [0.25, 0.3) is 0 Å². The number of carbonyl (C=O) groups excluding carboxylic acids is 1. The molecule has 1 aromatic rings. The molecule has 2 rings (SSSR count). The Kier molecular flexibility index (Phi) is 9.86. The monoisotopic (exact) mass is 391 g/mol. The molecule has 0 unspecified atom stereocenters. The number of aryl methyl sites for hydroxylation is 2. The Bertz CT molecular complexity index is 599. The second-order valence-corrected chi connectivity index (χ2v) is 7.42. The smallest absolute Gasteiger partial charge is 0.220 e. The average molecular weight is 392 g/mol. The molecule has 1 aromatic heterocycles. The van der Waals surface area contributed by atoms with Crippen molar-refractivity contribution in [2.24, 2.45) is 10.9 Å². The molecule has 158 valence electrons. The Hall–Kier alpha value is -2.05. The van der Waals surface area contributed by atoms with Crippen LogP contribution in [0.4, 0.5) is 0 Å². The zero-order chi connectivity index (χ0) is 20.2. The number of guanidine groups is 1. The number of hydrogen-bond donors (Lipinski definition) is 3. The summed E-state index contributed by atoms with van der Waals surface area (Å²) in [5.74, 6) is 2.39. The predicted octanol–water partition coefficient (Wildman–Crippen LogP) is 2.94. The molecule has 0 spiro atoms. The largest absolute Gasteiger partial charge is 0.361 e. The van der Waals surface area contributed by atoms with Crippen LogP contribution in [0.15, 0.2) is 9.52 Å². The van der Waals surface area contributed by atoms with E-state index >= 15 is 0 Å². The van der Waals surface area contributed by atoms with Crippen molar-refractivity contribution in [1.82, 2.24) is 21.1 Å². The second-order valence-electron chi connectivity index (χ2n) is 7.42. The zero-order valence-electron chi connectivity index (χ0n) is 17.8. The fourth-order valence-electron chi connectivity index (χ4n) is 3.72. The molecule has 0 atom stereocenters. The van der Waals surface area contributed by atoms with Crippen molar-refractivity contribution in [2.45, 2.75) is 78.7 Å². The zero-order valence-corrected chi connectivity index (χ0v) is 17.8. The molecule has 7 nitrogen and oxygen atoms in total. The topological polar surface area (TPSA) is 91.6 Å². The Morgan fingerprint density at radius 3 is 2.50 bits per heavy atom. The molecular formula is C21H37N5O2. The Morgan fingerprint density at radius 1 is 1.07 bits per heavy atom. The maximum Gasteiger partial charge on any atom is 0.220 e. The van der Waals surface area contributed by atoms with Crippen molar-refractivity contribution in [3.8, 4) is 0 Å². The number of aromatic nitrogens is 1. The summed E-state index contributed by atoms with van der Waals surface area (Å²) in [4.78, 5) is 16.8. The lowest BCUT2D eigenvalue weighted by molar-refractivity contribution is -0.122. The van der Waals surface area contributed by atoms with E-state index in [0.29, 0.717) is 32.0 Å². The molecule has 1 aliphatic rings. The van der Waals surface area contributed by atoms with Gasteiger partial charge in [-0.05, 0) is 32.1 Å². The molecule has 1 amide bonds. The van der Waals surface area contributed by atoms with E-state index in [1.807, 2.05) is 6.92 Å². The molecule has 28 heavy (non-hydrogen) atoms. The van der Waals surface area contributed by atoms with E-state index in [2.05, 4.69) is 39.9 Å². The number of nitrogens with zero attached hydrogens (tertiary/aromatic N) is 2. The first-order chi connectivity index (χ1) is 13.7. The molecule has 1 heterocycles. The van der Waals surface area contributed by atoms with E-state index in [9.17, 15) is 4.79 Å². The molecule has 1 saturated carbocycles. The summed E-state index contributed by atoms with van der Waals surface area (Å²) in [6, 6.07) is 0. The Balaban J connectivity index is 1.76. The van der Waals surface area contributed by atoms with Crippen LogP contribution in [0.3, 0.4) is 0 Å². The standard InChI is InChI=1S/C21H37N5O2/c1-4-18-17(19(5-2)28-26-18)15-25-21(22-6-3)24-13-12-23-20(27)14-16-10-8-7-9-11-16/h16H,4-15H2,1-3H3,(H,23,27)(H2,22,24,25). The summed E-state index contributed by atoms with van der Waals surface area (Å²) in [6.45, 7) is 8.74. The highest BCUT2D eigenvalue weighted by atomic mass is 16.5. The highest BCUT2D eigenvalue weighted by Crippen LogP contribution is 2.25. The quantitative estimate of drug-likeness (QED) is 0.324. The molecule has 0 aromatic carbocycles. The highest BCUT2D eigenvalue weighted by molar-refractivity contribution is 5.80. The van der Waals surface area contributed by atoms with Crippen LogP contribution < -0.4 is 16.0 Å². The minimum absolute atomic E-state index is 0.167. The van der Waals surface area contributed by atoms with Crippen LogP contribution >= 0.6 is 0 Å². The van der Waals surface area contributed by atoms with Crippen molar-refractivity contribution in [2.75, 3.05) is 19.6 Å². The summed E-state index contributed by atoms with van der Waals surface area (Å²) in [6.07, 6.45) is 8.59. The van der Waals surface area contributed by atoms with Crippen molar-refractivity contribution < 1.29 is 9.32 Å². The third kappa shape index (κ3) is 7.17. The van der Waals surface area contributed by atoms with E-state index < -0.39 is 0 Å². The lowest BCUT2D eigenvalue weighted by atomic mass is 9.87. The SMILES string of the molecule is CCNC(=NCc1c(CC)noc1CC)NCCNC(=O)CC1CCCCC1. The maximum atomic E-state index is 12.1. The third-order valence-corrected chi connectivity index (χ3v) is 5.28. The van der Waals surface area contributed by atoms with Gasteiger partial charge in [-0.3, -0.25) is 4.79 Å². The first-order valence-corrected chi connectivity index (χ1v) is 10.9. The van der Waals surface area contributed by atoms with Gasteiger partial charge in [-0.25, -0.2) is 4.99 Å². The van der Waals surface area contributed by atoms with Crippen molar-refractivity contribution in [1.29, 1.82) is 0 Å². The Labute approximate surface area is 169 Å². The number of carbonyl (C=O) groups is 1. The van der Waals surface area contributed by atoms with Gasteiger partial charge < -0.3 is 20.5 Å². The summed E-state index contributed by atoms with van der Waals surface area (Å²) < 4.78 is 5.41. The van der Waals surface area contributed by atoms with Gasteiger partial charge in [-0.1, -0.05) is 38.3 Å². The van der Waals surface area contributed by atoms with Crippen LogP contribution in [0, 0.1) is 5.92 Å². The van der Waals surface area contributed by atoms with Gasteiger partial charge in [0, 0.05) is 38.0 Å². The van der Waals surface area contributed by atoms with Crippen molar-refractivity contribution in [3.05, 3.63) is 17.0 Å². The first-order valence-electron chi connectivity index (χ1n) is 10.9. The minimum Gasteiger partial charge on any atom is -0.361 e. The lowest BCUT2D eigenvalue weighted by Gasteiger charge is -2.20. The minimum atomic E-state index is 0.167. The number of aliphatic imine (C=N–C) groups is 1. The van der Waals surface area contributed by atoms with Crippen molar-refractivity contribution >= 4 is 11.9 Å². The van der Waals surface area contributed by atoms with E-state index in [4.69, 9.17) is 4.52 Å². The molecule has 7 heteroatoms. The predicted molar refractivity (Wildman–Crippen MR) is 112 cm³/mol. The van der Waals surface area contributed by atoms with Gasteiger partial charge in [-0.15, -0.1) is 0 Å². The highest BCUT2D eigenvalue weighted by Gasteiger charge is 2.16. The molecular weight excluding hydrogens is 354 g/mol. The van der Waals surface area contributed by atoms with Crippen LogP contribution in [0.1, 0.15) is 76.3 Å². The van der Waals surface area contributed by atoms with E-state index in [1.54, 1.807) is 0 Å². The van der Waals surface area contributed by atoms with Gasteiger partial charge >= 0.3 is 0 Å². The molecule has 0 bridgehead atoms. The lowest BCUT2D eigenvalue weighted by Crippen LogP contribution is -2.41. The fourth-order valence-corrected chi connectivity index (χ4v) is 3.72. The summed E-state index contributed by atoms with van der Waals surface area (Å²) in [5.41, 5.74) is 2.06. The van der Waals surface area contributed by atoms with Crippen LogP contribution in [-0.4, -0.2) is 36.7 Å². The summed E-state index contributed by atoms with van der Waals surface area (Å²) in [7, 11) is 0. The summed E-state index contributed by atoms with van der Waals surface area (Å²) in [5, 5.41) is 13.7. The molecule has 0 radical (unpaired) electrons. The number of amides is 1. The van der Waals surface area contributed by atoms with E-state index in [1.165, 1.54) is 32.1 Å². The molecule has 0 saturated heterocycles. The third-order valence-electron chi connectivity index (χ3n) is 5.28. The maximum absolute atomic E-state index is 12.1. The molecule has 1 fully saturated rings. The van der Waals surface area contributed by atoms with Gasteiger partial charge in [0.15, 0.2) is 5.96 Å². The van der Waals surface area contributed by atoms with E-state index in [-0.39, 0.29) is 5.91 Å². The first kappa shape index (κ1) is 22.2. The van der Waals surface area contributed by atoms with Crippen LogP contribution in [-0.2, 0) is 24.2 Å². The van der Waals surface area contributed by atoms with E-state index in [0.717, 1.165) is 42.4 Å². The number of nitrogens with one attached hydrogen (secondary N) is 3. The number of hydrogen-bond acceptors (Lipinski definition) is 4. The van der Waals surface area contributed by atoms with Crippen LogP contribution in [0.25, 0.3) is 0 Å². The summed E-state index contributed by atoms with van der Waals surface area (Å²) >= 11 is 0. The van der Waals surface area contributed by atoms with Crippen LogP contribution in [0.5, 0.6) is 0 Å². The second kappa shape index (κ2) is 12.4. The molecule has 0 aliphatic heterocycles. The molecule has 3 N–H and O–H groups in total. The van der Waals surface area contributed by atoms with Gasteiger partial charge in [0.1, 0.15) is 5.76 Å². The average Bonchev–Trinajstić information content (AvgIpc) is 3.12. The van der Waals surface area contributed by atoms with Gasteiger partial charge in [-0.2, -0.15) is 0 Å². The Morgan fingerprint density at radius 2 is 1.82 bits per heavy atom. The van der Waals surface area contributed by atoms with Gasteiger partial charge in [0.2, 0.25) is 5.91 Å². The normalized spacial score (nSPS) is 15.5.